The van der Waals surface area contributed by atoms with Crippen LogP contribution in [0.2, 0.25) is 0 Å². The first-order valence-corrected chi connectivity index (χ1v) is 7.12. The summed E-state index contributed by atoms with van der Waals surface area (Å²) in [5, 5.41) is 0. The topological polar surface area (TPSA) is 15.6 Å². The molecule has 1 aliphatic carbocycles. The molecule has 0 aromatic rings. The lowest BCUT2D eigenvalue weighted by Gasteiger charge is -2.21. The Morgan fingerprint density at radius 3 is 2.06 bits per heavy atom. The summed E-state index contributed by atoms with van der Waals surface area (Å²) in [7, 11) is 2.19. The maximum absolute atomic E-state index is 3.85. The Hall–Kier alpha value is -0.890. The molecule has 18 heavy (non-hydrogen) atoms. The molecular weight excluding hydrogens is 220 g/mol. The predicted octanol–water partition coefficient (Wildman–Crippen LogP) is 4.34. The van der Waals surface area contributed by atoms with Gasteiger partial charge in [0.2, 0.25) is 0 Å². The molecule has 0 heterocycles. The van der Waals surface area contributed by atoms with Crippen molar-refractivity contribution in [1.82, 2.24) is 4.90 Å². The van der Waals surface area contributed by atoms with Gasteiger partial charge in [0.15, 0.2) is 0 Å². The van der Waals surface area contributed by atoms with Gasteiger partial charge in [-0.25, -0.2) is 0 Å². The fraction of sp³-hybridized carbons (Fsp3) is 0.688. The van der Waals surface area contributed by atoms with Gasteiger partial charge in [0.1, 0.15) is 0 Å². The van der Waals surface area contributed by atoms with Crippen LogP contribution in [0.1, 0.15) is 46.5 Å². The zero-order valence-corrected chi connectivity index (χ0v) is 12.9. The number of hydrogen-bond acceptors (Lipinski definition) is 2. The molecule has 1 saturated carbocycles. The Bertz CT molecular complexity index is 203. The van der Waals surface area contributed by atoms with Crippen molar-refractivity contribution in [2.45, 2.75) is 52.5 Å². The van der Waals surface area contributed by atoms with Crippen LogP contribution in [-0.2, 0) is 0 Å². The molecule has 0 N–H and O–H groups in total. The highest BCUT2D eigenvalue weighted by Crippen LogP contribution is 2.21. The average Bonchev–Trinajstić information content (AvgIpc) is 2.94. The van der Waals surface area contributed by atoms with Crippen LogP contribution in [0, 0.1) is 0 Å². The Balaban J connectivity index is 0. The molecule has 0 atom stereocenters. The lowest BCUT2D eigenvalue weighted by molar-refractivity contribution is 0.271. The molecule has 0 bridgehead atoms. The minimum atomic E-state index is 0.747. The minimum Gasteiger partial charge on any atom is -0.300 e. The van der Waals surface area contributed by atoms with Crippen LogP contribution in [-0.4, -0.2) is 37.3 Å². The molecule has 106 valence electrons. The van der Waals surface area contributed by atoms with Gasteiger partial charge in [-0.3, -0.25) is 9.89 Å². The highest BCUT2D eigenvalue weighted by molar-refractivity contribution is 5.53. The summed E-state index contributed by atoms with van der Waals surface area (Å²) in [6.45, 7) is 14.9. The molecule has 0 aliphatic heterocycles. The molecule has 0 aromatic heterocycles. The lowest BCUT2D eigenvalue weighted by atomic mass is 10.2. The summed E-state index contributed by atoms with van der Waals surface area (Å²) in [6.07, 6.45) is 11.1. The molecule has 0 saturated heterocycles. The summed E-state index contributed by atoms with van der Waals surface area (Å²) < 4.78 is 0. The van der Waals surface area contributed by atoms with Gasteiger partial charge in [0.25, 0.3) is 0 Å². The van der Waals surface area contributed by atoms with Crippen molar-refractivity contribution in [1.29, 1.82) is 0 Å². The monoisotopic (exact) mass is 252 g/mol. The number of nitrogens with zero attached hydrogens (tertiary/aromatic N) is 2. The maximum atomic E-state index is 3.85. The van der Waals surface area contributed by atoms with Gasteiger partial charge in [-0.15, -0.1) is 13.2 Å². The van der Waals surface area contributed by atoms with E-state index in [1.807, 2.05) is 26.8 Å². The van der Waals surface area contributed by atoms with E-state index in [9.17, 15) is 0 Å². The molecule has 1 fully saturated rings. The fourth-order valence-electron chi connectivity index (χ4n) is 1.88. The van der Waals surface area contributed by atoms with Crippen molar-refractivity contribution in [3.05, 3.63) is 25.3 Å². The summed E-state index contributed by atoms with van der Waals surface area (Å²) in [5.41, 5.74) is 0. The van der Waals surface area contributed by atoms with E-state index in [4.69, 9.17) is 0 Å². The molecule has 0 aromatic carbocycles. The van der Waals surface area contributed by atoms with E-state index in [-0.39, 0.29) is 0 Å². The smallest absolute Gasteiger partial charge is 0.0563 e. The van der Waals surface area contributed by atoms with E-state index in [2.05, 4.69) is 30.1 Å². The third-order valence-electron chi connectivity index (χ3n) is 2.78. The Kier molecular flexibility index (Phi) is 17.4. The van der Waals surface area contributed by atoms with Crippen LogP contribution in [0.5, 0.6) is 0 Å². The van der Waals surface area contributed by atoms with Crippen molar-refractivity contribution in [3.63, 3.8) is 0 Å². The molecule has 1 rings (SSSR count). The Morgan fingerprint density at radius 2 is 1.72 bits per heavy atom. The van der Waals surface area contributed by atoms with Gasteiger partial charge in [0.05, 0.1) is 6.54 Å². The van der Waals surface area contributed by atoms with E-state index in [1.54, 1.807) is 12.3 Å². The number of rotatable bonds is 5. The van der Waals surface area contributed by atoms with Crippen molar-refractivity contribution in [2.75, 3.05) is 20.1 Å². The molecule has 0 spiro atoms. The number of hydrogen-bond donors (Lipinski definition) is 0. The maximum Gasteiger partial charge on any atom is 0.0563 e. The molecule has 2 nitrogen and oxygen atoms in total. The third kappa shape index (κ3) is 11.6. The first kappa shape index (κ1) is 19.4. The van der Waals surface area contributed by atoms with Crippen molar-refractivity contribution in [3.8, 4) is 0 Å². The molecule has 0 radical (unpaired) electrons. The summed E-state index contributed by atoms with van der Waals surface area (Å²) in [6, 6.07) is 0.845. The van der Waals surface area contributed by atoms with Crippen LogP contribution < -0.4 is 0 Å². The summed E-state index contributed by atoms with van der Waals surface area (Å²) >= 11 is 0. The largest absolute Gasteiger partial charge is 0.300 e. The zero-order valence-electron chi connectivity index (χ0n) is 12.9. The van der Waals surface area contributed by atoms with Crippen LogP contribution in [0.25, 0.3) is 0 Å². The number of aliphatic imine (C=N–C) groups is 1. The molecule has 0 unspecified atom stereocenters. The fourth-order valence-corrected chi connectivity index (χ4v) is 1.88. The van der Waals surface area contributed by atoms with E-state index >= 15 is 0 Å². The van der Waals surface area contributed by atoms with E-state index in [1.165, 1.54) is 25.7 Å². The van der Waals surface area contributed by atoms with E-state index < -0.39 is 0 Å². The van der Waals surface area contributed by atoms with Gasteiger partial charge in [-0.05, 0) is 33.0 Å². The average molecular weight is 252 g/mol. The van der Waals surface area contributed by atoms with E-state index in [0.717, 1.165) is 19.1 Å². The second-order valence-corrected chi connectivity index (χ2v) is 4.08. The highest BCUT2D eigenvalue weighted by atomic mass is 15.1. The Morgan fingerprint density at radius 1 is 1.17 bits per heavy atom. The minimum absolute atomic E-state index is 0.747. The molecule has 0 amide bonds. The number of likely N-dealkylation sites (N-methyl/N-ethyl adjacent to an activating group) is 1. The van der Waals surface area contributed by atoms with Gasteiger partial charge in [-0.2, -0.15) is 0 Å². The highest BCUT2D eigenvalue weighted by Gasteiger charge is 2.17. The summed E-state index contributed by atoms with van der Waals surface area (Å²) in [4.78, 5) is 6.25. The van der Waals surface area contributed by atoms with Crippen molar-refractivity contribution in [2.24, 2.45) is 4.99 Å². The first-order chi connectivity index (χ1) is 8.76. The Labute approximate surface area is 114 Å². The first-order valence-electron chi connectivity index (χ1n) is 7.12. The molecule has 1 aliphatic rings. The molecule has 2 heteroatoms. The second-order valence-electron chi connectivity index (χ2n) is 4.08. The second kappa shape index (κ2) is 16.1. The van der Waals surface area contributed by atoms with Gasteiger partial charge < -0.3 is 0 Å². The van der Waals surface area contributed by atoms with Crippen molar-refractivity contribution >= 4 is 6.21 Å². The quantitative estimate of drug-likeness (QED) is 0.525. The summed E-state index contributed by atoms with van der Waals surface area (Å²) in [5.74, 6) is 0. The van der Waals surface area contributed by atoms with Crippen LogP contribution in [0.4, 0.5) is 0 Å². The van der Waals surface area contributed by atoms with E-state index in [0.29, 0.717) is 0 Å². The van der Waals surface area contributed by atoms with Gasteiger partial charge >= 0.3 is 0 Å². The van der Waals surface area contributed by atoms with Crippen LogP contribution >= 0.6 is 0 Å². The molecular formula is C16H32N2. The van der Waals surface area contributed by atoms with Gasteiger partial charge in [-0.1, -0.05) is 38.8 Å². The van der Waals surface area contributed by atoms with Crippen molar-refractivity contribution < 1.29 is 0 Å². The predicted molar refractivity (Wildman–Crippen MR) is 85.7 cm³/mol. The standard InChI is InChI=1S/C9H17N.C5H9N.C2H6/c1-3-8-10(2)9-6-4-5-7-9;1-3-5-6-4-2;1-2/h3,9H,1,4-8H2,2H3;3-4H,1,5H2,2H3;1-2H3. The lowest BCUT2D eigenvalue weighted by Crippen LogP contribution is -2.28. The van der Waals surface area contributed by atoms with Crippen LogP contribution in [0.3, 0.4) is 0 Å². The normalized spacial score (nSPS) is 14.7. The van der Waals surface area contributed by atoms with Gasteiger partial charge in [0, 0.05) is 12.6 Å². The zero-order chi connectivity index (χ0) is 14.2. The van der Waals surface area contributed by atoms with Crippen LogP contribution in [0.15, 0.2) is 30.3 Å². The SMILES string of the molecule is C=CCN(C)C1CCCC1.C=CCN=CC.CC. The third-order valence-corrected chi connectivity index (χ3v) is 2.78.